The molecule has 0 aliphatic carbocycles. The summed E-state index contributed by atoms with van der Waals surface area (Å²) in [5.74, 6) is -1.02. The van der Waals surface area contributed by atoms with E-state index in [1.54, 1.807) is 38.1 Å². The summed E-state index contributed by atoms with van der Waals surface area (Å²) < 4.78 is 4.66. The van der Waals surface area contributed by atoms with E-state index in [4.69, 9.17) is 0 Å². The van der Waals surface area contributed by atoms with E-state index < -0.39 is 12.0 Å². The van der Waals surface area contributed by atoms with Gasteiger partial charge in [-0.05, 0) is 19.1 Å². The number of aliphatic hydroxyl groups is 1. The number of benzene rings is 1. The molecular formula is C15H21NO4. The van der Waals surface area contributed by atoms with Crippen molar-refractivity contribution in [2.24, 2.45) is 5.92 Å². The number of esters is 1. The second kappa shape index (κ2) is 7.65. The molecule has 0 aliphatic heterocycles. The highest BCUT2D eigenvalue weighted by Gasteiger charge is 2.23. The average Bonchev–Trinajstić information content (AvgIpc) is 2.45. The Morgan fingerprint density at radius 2 is 1.80 bits per heavy atom. The summed E-state index contributed by atoms with van der Waals surface area (Å²) in [6, 6.07) is 8.79. The Balaban J connectivity index is 2.84. The number of carbonyl (C=O) groups is 2. The van der Waals surface area contributed by atoms with Crippen molar-refractivity contribution < 1.29 is 19.4 Å². The SMILES string of the molecule is COC(=O)C(C)CN(CC(C)O)C(=O)c1ccccc1. The van der Waals surface area contributed by atoms with E-state index in [0.29, 0.717) is 5.56 Å². The Hall–Kier alpha value is -1.88. The van der Waals surface area contributed by atoms with Gasteiger partial charge in [-0.3, -0.25) is 9.59 Å². The summed E-state index contributed by atoms with van der Waals surface area (Å²) in [6.07, 6.45) is -0.660. The van der Waals surface area contributed by atoms with Crippen molar-refractivity contribution in [3.05, 3.63) is 35.9 Å². The summed E-state index contributed by atoms with van der Waals surface area (Å²) in [5, 5.41) is 9.52. The molecule has 0 aromatic heterocycles. The van der Waals surface area contributed by atoms with Crippen LogP contribution in [-0.4, -0.2) is 48.2 Å². The lowest BCUT2D eigenvalue weighted by Gasteiger charge is -2.26. The molecule has 0 saturated carbocycles. The third kappa shape index (κ3) is 4.66. The molecule has 0 bridgehead atoms. The number of hydrogen-bond acceptors (Lipinski definition) is 4. The number of amides is 1. The van der Waals surface area contributed by atoms with Gasteiger partial charge in [0.05, 0.1) is 19.1 Å². The molecule has 1 aromatic rings. The number of aliphatic hydroxyl groups excluding tert-OH is 1. The zero-order valence-corrected chi connectivity index (χ0v) is 12.1. The van der Waals surface area contributed by atoms with Crippen LogP contribution in [0.3, 0.4) is 0 Å². The number of hydrogen-bond donors (Lipinski definition) is 1. The van der Waals surface area contributed by atoms with Crippen molar-refractivity contribution in [2.45, 2.75) is 20.0 Å². The number of carbonyl (C=O) groups excluding carboxylic acids is 2. The molecule has 20 heavy (non-hydrogen) atoms. The number of rotatable bonds is 6. The second-order valence-electron chi connectivity index (χ2n) is 4.85. The molecule has 5 nitrogen and oxygen atoms in total. The van der Waals surface area contributed by atoms with Gasteiger partial charge in [0.25, 0.3) is 5.91 Å². The Bertz CT molecular complexity index is 444. The lowest BCUT2D eigenvalue weighted by atomic mass is 10.1. The molecule has 110 valence electrons. The minimum atomic E-state index is -0.660. The van der Waals surface area contributed by atoms with Crippen LogP contribution in [-0.2, 0) is 9.53 Å². The first kappa shape index (κ1) is 16.2. The van der Waals surface area contributed by atoms with Crippen molar-refractivity contribution in [3.8, 4) is 0 Å². The number of nitrogens with zero attached hydrogens (tertiary/aromatic N) is 1. The number of ether oxygens (including phenoxy) is 1. The van der Waals surface area contributed by atoms with Crippen LogP contribution < -0.4 is 0 Å². The minimum absolute atomic E-state index is 0.176. The highest BCUT2D eigenvalue weighted by Crippen LogP contribution is 2.09. The zero-order valence-electron chi connectivity index (χ0n) is 12.1. The molecule has 1 aromatic carbocycles. The molecule has 0 radical (unpaired) electrons. The Morgan fingerprint density at radius 1 is 1.20 bits per heavy atom. The first-order chi connectivity index (χ1) is 9.45. The predicted molar refractivity (Wildman–Crippen MR) is 75.2 cm³/mol. The molecule has 1 rings (SSSR count). The standard InChI is InChI=1S/C15H21NO4/c1-11(15(19)20-3)9-16(10-12(2)17)14(18)13-7-5-4-6-8-13/h4-8,11-12,17H,9-10H2,1-3H3. The van der Waals surface area contributed by atoms with E-state index in [-0.39, 0.29) is 25.0 Å². The summed E-state index contributed by atoms with van der Waals surface area (Å²) in [7, 11) is 1.32. The summed E-state index contributed by atoms with van der Waals surface area (Å²) in [6.45, 7) is 3.69. The fourth-order valence-corrected chi connectivity index (χ4v) is 1.93. The molecule has 0 aliphatic rings. The van der Waals surface area contributed by atoms with Gasteiger partial charge in [0.2, 0.25) is 0 Å². The van der Waals surface area contributed by atoms with Gasteiger partial charge in [0.15, 0.2) is 0 Å². The molecule has 1 amide bonds. The quantitative estimate of drug-likeness (QED) is 0.798. The lowest BCUT2D eigenvalue weighted by Crippen LogP contribution is -2.41. The van der Waals surface area contributed by atoms with Crippen LogP contribution in [0.15, 0.2) is 30.3 Å². The van der Waals surface area contributed by atoms with E-state index in [9.17, 15) is 14.7 Å². The molecule has 5 heteroatoms. The highest BCUT2D eigenvalue weighted by molar-refractivity contribution is 5.94. The van der Waals surface area contributed by atoms with Crippen LogP contribution in [0.25, 0.3) is 0 Å². The maximum atomic E-state index is 12.4. The van der Waals surface area contributed by atoms with E-state index in [0.717, 1.165) is 0 Å². The monoisotopic (exact) mass is 279 g/mol. The van der Waals surface area contributed by atoms with Gasteiger partial charge < -0.3 is 14.7 Å². The van der Waals surface area contributed by atoms with Crippen LogP contribution in [0.4, 0.5) is 0 Å². The molecule has 0 heterocycles. The normalized spacial score (nSPS) is 13.4. The Kier molecular flexibility index (Phi) is 6.18. The van der Waals surface area contributed by atoms with Crippen molar-refractivity contribution in [3.63, 3.8) is 0 Å². The average molecular weight is 279 g/mol. The zero-order chi connectivity index (χ0) is 15.1. The van der Waals surface area contributed by atoms with Gasteiger partial charge in [-0.25, -0.2) is 0 Å². The molecule has 2 unspecified atom stereocenters. The molecule has 0 fully saturated rings. The molecule has 0 saturated heterocycles. The lowest BCUT2D eigenvalue weighted by molar-refractivity contribution is -0.145. The second-order valence-corrected chi connectivity index (χ2v) is 4.85. The summed E-state index contributed by atoms with van der Waals surface area (Å²) in [5.41, 5.74) is 0.533. The minimum Gasteiger partial charge on any atom is -0.469 e. The van der Waals surface area contributed by atoms with Crippen LogP contribution >= 0.6 is 0 Å². The smallest absolute Gasteiger partial charge is 0.310 e. The maximum Gasteiger partial charge on any atom is 0.310 e. The van der Waals surface area contributed by atoms with E-state index >= 15 is 0 Å². The van der Waals surface area contributed by atoms with Gasteiger partial charge in [0, 0.05) is 18.7 Å². The van der Waals surface area contributed by atoms with E-state index in [1.807, 2.05) is 6.07 Å². The van der Waals surface area contributed by atoms with Crippen molar-refractivity contribution in [1.82, 2.24) is 4.90 Å². The Morgan fingerprint density at radius 3 is 2.30 bits per heavy atom. The van der Waals surface area contributed by atoms with Crippen molar-refractivity contribution in [1.29, 1.82) is 0 Å². The largest absolute Gasteiger partial charge is 0.469 e. The first-order valence-corrected chi connectivity index (χ1v) is 6.56. The highest BCUT2D eigenvalue weighted by atomic mass is 16.5. The van der Waals surface area contributed by atoms with Gasteiger partial charge in [-0.1, -0.05) is 25.1 Å². The van der Waals surface area contributed by atoms with Crippen molar-refractivity contribution >= 4 is 11.9 Å². The molecule has 2 atom stereocenters. The molecule has 1 N–H and O–H groups in total. The topological polar surface area (TPSA) is 66.8 Å². The predicted octanol–water partition coefficient (Wildman–Crippen LogP) is 1.32. The fraction of sp³-hybridized carbons (Fsp3) is 0.467. The van der Waals surface area contributed by atoms with Crippen LogP contribution in [0.2, 0.25) is 0 Å². The third-order valence-corrected chi connectivity index (χ3v) is 2.89. The van der Waals surface area contributed by atoms with Gasteiger partial charge >= 0.3 is 5.97 Å². The Labute approximate surface area is 119 Å². The summed E-state index contributed by atoms with van der Waals surface area (Å²) >= 11 is 0. The molecular weight excluding hydrogens is 258 g/mol. The fourth-order valence-electron chi connectivity index (χ4n) is 1.93. The molecule has 0 spiro atoms. The first-order valence-electron chi connectivity index (χ1n) is 6.56. The van der Waals surface area contributed by atoms with Gasteiger partial charge in [-0.2, -0.15) is 0 Å². The van der Waals surface area contributed by atoms with Crippen LogP contribution in [0.5, 0.6) is 0 Å². The maximum absolute atomic E-state index is 12.4. The van der Waals surface area contributed by atoms with Crippen LogP contribution in [0, 0.1) is 5.92 Å². The van der Waals surface area contributed by atoms with E-state index in [2.05, 4.69) is 4.74 Å². The van der Waals surface area contributed by atoms with Gasteiger partial charge in [0.1, 0.15) is 0 Å². The van der Waals surface area contributed by atoms with Crippen molar-refractivity contribution in [2.75, 3.05) is 20.2 Å². The van der Waals surface area contributed by atoms with Crippen LogP contribution in [0.1, 0.15) is 24.2 Å². The third-order valence-electron chi connectivity index (χ3n) is 2.89. The van der Waals surface area contributed by atoms with Gasteiger partial charge in [-0.15, -0.1) is 0 Å². The number of methoxy groups -OCH3 is 1. The summed E-state index contributed by atoms with van der Waals surface area (Å²) in [4.78, 5) is 25.3. The van der Waals surface area contributed by atoms with E-state index in [1.165, 1.54) is 12.0 Å².